The zero-order chi connectivity index (χ0) is 15.1. The van der Waals surface area contributed by atoms with Gasteiger partial charge in [0.1, 0.15) is 5.76 Å². The molecule has 2 unspecified atom stereocenters. The summed E-state index contributed by atoms with van der Waals surface area (Å²) in [5, 5.41) is 15.5. The van der Waals surface area contributed by atoms with Gasteiger partial charge in [0.2, 0.25) is 5.91 Å². The molecule has 1 amide bonds. The average molecular weight is 295 g/mol. The van der Waals surface area contributed by atoms with E-state index in [2.05, 4.69) is 10.6 Å². The van der Waals surface area contributed by atoms with Crippen LogP contribution in [0.5, 0.6) is 0 Å². The van der Waals surface area contributed by atoms with E-state index in [4.69, 9.17) is 9.52 Å². The standard InChI is InChI=1S/C15H25N3O3/c1-12(14-5-3-9-21-14)17-15(20)11-18(7-8-19)10-13-4-2-6-16-13/h3,5,9,12-13,16,19H,2,4,6-8,10-11H2,1H3,(H,17,20). The molecule has 118 valence electrons. The first kappa shape index (κ1) is 16.0. The van der Waals surface area contributed by atoms with E-state index in [9.17, 15) is 4.79 Å². The van der Waals surface area contributed by atoms with E-state index >= 15 is 0 Å². The van der Waals surface area contributed by atoms with Crippen LogP contribution in [0.2, 0.25) is 0 Å². The maximum absolute atomic E-state index is 12.1. The van der Waals surface area contributed by atoms with Gasteiger partial charge in [0, 0.05) is 19.1 Å². The summed E-state index contributed by atoms with van der Waals surface area (Å²) < 4.78 is 5.28. The zero-order valence-electron chi connectivity index (χ0n) is 12.5. The van der Waals surface area contributed by atoms with Crippen LogP contribution in [0.1, 0.15) is 31.6 Å². The van der Waals surface area contributed by atoms with Crippen LogP contribution in [0.15, 0.2) is 22.8 Å². The summed E-state index contributed by atoms with van der Waals surface area (Å²) in [6, 6.07) is 3.93. The van der Waals surface area contributed by atoms with E-state index in [1.165, 1.54) is 6.42 Å². The van der Waals surface area contributed by atoms with Gasteiger partial charge in [-0.1, -0.05) is 0 Å². The maximum atomic E-state index is 12.1. The first-order chi connectivity index (χ1) is 10.2. The summed E-state index contributed by atoms with van der Waals surface area (Å²) >= 11 is 0. The van der Waals surface area contributed by atoms with Crippen LogP contribution in [0.3, 0.4) is 0 Å². The highest BCUT2D eigenvalue weighted by Crippen LogP contribution is 2.12. The highest BCUT2D eigenvalue weighted by atomic mass is 16.3. The van der Waals surface area contributed by atoms with Crippen LogP contribution in [0, 0.1) is 0 Å². The normalized spacial score (nSPS) is 19.9. The van der Waals surface area contributed by atoms with Crippen molar-refractivity contribution < 1.29 is 14.3 Å². The second-order valence-electron chi connectivity index (χ2n) is 5.56. The number of carbonyl (C=O) groups excluding carboxylic acids is 1. The zero-order valence-corrected chi connectivity index (χ0v) is 12.5. The molecule has 0 saturated carbocycles. The predicted molar refractivity (Wildman–Crippen MR) is 79.8 cm³/mol. The third-order valence-electron chi connectivity index (χ3n) is 3.77. The number of rotatable bonds is 8. The van der Waals surface area contributed by atoms with Gasteiger partial charge < -0.3 is 20.2 Å². The van der Waals surface area contributed by atoms with Gasteiger partial charge in [-0.05, 0) is 38.4 Å². The second kappa shape index (κ2) is 8.17. The highest BCUT2D eigenvalue weighted by Gasteiger charge is 2.20. The number of hydrogen-bond donors (Lipinski definition) is 3. The first-order valence-electron chi connectivity index (χ1n) is 7.58. The predicted octanol–water partition coefficient (Wildman–Crippen LogP) is 0.503. The van der Waals surface area contributed by atoms with Crippen LogP contribution in [-0.2, 0) is 4.79 Å². The molecule has 6 nitrogen and oxygen atoms in total. The van der Waals surface area contributed by atoms with Crippen LogP contribution >= 0.6 is 0 Å². The molecular formula is C15H25N3O3. The van der Waals surface area contributed by atoms with Gasteiger partial charge in [-0.3, -0.25) is 9.69 Å². The molecule has 6 heteroatoms. The summed E-state index contributed by atoms with van der Waals surface area (Å²) in [5.41, 5.74) is 0. The van der Waals surface area contributed by atoms with Crippen molar-refractivity contribution >= 4 is 5.91 Å². The Morgan fingerprint density at radius 2 is 2.52 bits per heavy atom. The Kier molecular flexibility index (Phi) is 6.22. The number of aliphatic hydroxyl groups excluding tert-OH is 1. The lowest BCUT2D eigenvalue weighted by Crippen LogP contribution is -2.44. The summed E-state index contributed by atoms with van der Waals surface area (Å²) in [4.78, 5) is 14.1. The Balaban J connectivity index is 1.79. The van der Waals surface area contributed by atoms with Gasteiger partial charge in [0.25, 0.3) is 0 Å². The van der Waals surface area contributed by atoms with Gasteiger partial charge in [0.05, 0.1) is 25.5 Å². The summed E-state index contributed by atoms with van der Waals surface area (Å²) in [5.74, 6) is 0.694. The van der Waals surface area contributed by atoms with E-state index in [0.29, 0.717) is 19.1 Å². The molecular weight excluding hydrogens is 270 g/mol. The fraction of sp³-hybridized carbons (Fsp3) is 0.667. The van der Waals surface area contributed by atoms with Crippen molar-refractivity contribution in [3.8, 4) is 0 Å². The lowest BCUT2D eigenvalue weighted by molar-refractivity contribution is -0.123. The molecule has 0 aromatic carbocycles. The van der Waals surface area contributed by atoms with Crippen molar-refractivity contribution in [2.75, 3.05) is 32.8 Å². The van der Waals surface area contributed by atoms with Gasteiger partial charge in [-0.15, -0.1) is 0 Å². The summed E-state index contributed by atoms with van der Waals surface area (Å²) in [6.07, 6.45) is 3.91. The molecule has 21 heavy (non-hydrogen) atoms. The van der Waals surface area contributed by atoms with E-state index in [1.807, 2.05) is 24.0 Å². The monoisotopic (exact) mass is 295 g/mol. The van der Waals surface area contributed by atoms with Crippen molar-refractivity contribution in [2.45, 2.75) is 31.8 Å². The number of nitrogens with one attached hydrogen (secondary N) is 2. The van der Waals surface area contributed by atoms with Crippen LogP contribution in [0.4, 0.5) is 0 Å². The van der Waals surface area contributed by atoms with Crippen molar-refractivity contribution in [3.05, 3.63) is 24.2 Å². The molecule has 1 aromatic heterocycles. The number of carbonyl (C=O) groups is 1. The molecule has 0 spiro atoms. The first-order valence-corrected chi connectivity index (χ1v) is 7.58. The fourth-order valence-electron chi connectivity index (χ4n) is 2.70. The van der Waals surface area contributed by atoms with E-state index < -0.39 is 0 Å². The lowest BCUT2D eigenvalue weighted by atomic mass is 10.2. The number of hydrogen-bond acceptors (Lipinski definition) is 5. The van der Waals surface area contributed by atoms with Gasteiger partial charge in [-0.2, -0.15) is 0 Å². The number of furan rings is 1. The quantitative estimate of drug-likeness (QED) is 0.651. The largest absolute Gasteiger partial charge is 0.467 e. The minimum absolute atomic E-state index is 0.0506. The van der Waals surface area contributed by atoms with E-state index in [1.54, 1.807) is 6.26 Å². The van der Waals surface area contributed by atoms with Crippen molar-refractivity contribution in [3.63, 3.8) is 0 Å². The average Bonchev–Trinajstić information content (AvgIpc) is 3.11. The Morgan fingerprint density at radius 3 is 3.14 bits per heavy atom. The molecule has 0 radical (unpaired) electrons. The van der Waals surface area contributed by atoms with Crippen molar-refractivity contribution in [1.29, 1.82) is 0 Å². The topological polar surface area (TPSA) is 77.7 Å². The third kappa shape index (κ3) is 5.15. The Labute approximate surface area is 125 Å². The summed E-state index contributed by atoms with van der Waals surface area (Å²) in [6.45, 7) is 4.60. The molecule has 0 bridgehead atoms. The second-order valence-corrected chi connectivity index (χ2v) is 5.56. The van der Waals surface area contributed by atoms with Gasteiger partial charge >= 0.3 is 0 Å². The van der Waals surface area contributed by atoms with E-state index in [-0.39, 0.29) is 18.6 Å². The lowest BCUT2D eigenvalue weighted by Gasteiger charge is -2.25. The molecule has 2 heterocycles. The molecule has 1 aliphatic heterocycles. The summed E-state index contributed by atoms with van der Waals surface area (Å²) in [7, 11) is 0. The van der Waals surface area contributed by atoms with Crippen LogP contribution in [-0.4, -0.2) is 54.7 Å². The molecule has 2 atom stereocenters. The number of aliphatic hydroxyl groups is 1. The minimum Gasteiger partial charge on any atom is -0.467 e. The van der Waals surface area contributed by atoms with Gasteiger partial charge in [0.15, 0.2) is 0 Å². The van der Waals surface area contributed by atoms with Crippen molar-refractivity contribution in [2.24, 2.45) is 0 Å². The molecule has 1 aliphatic rings. The Morgan fingerprint density at radius 1 is 1.67 bits per heavy atom. The van der Waals surface area contributed by atoms with Crippen LogP contribution < -0.4 is 10.6 Å². The molecule has 1 fully saturated rings. The SMILES string of the molecule is CC(NC(=O)CN(CCO)CC1CCCN1)c1ccco1. The number of amides is 1. The molecule has 2 rings (SSSR count). The number of nitrogens with zero attached hydrogens (tertiary/aromatic N) is 1. The Hall–Kier alpha value is -1.37. The molecule has 1 saturated heterocycles. The smallest absolute Gasteiger partial charge is 0.234 e. The molecule has 0 aliphatic carbocycles. The van der Waals surface area contributed by atoms with Crippen LogP contribution in [0.25, 0.3) is 0 Å². The Bertz CT molecular complexity index is 416. The minimum atomic E-state index is -0.145. The van der Waals surface area contributed by atoms with Gasteiger partial charge in [-0.25, -0.2) is 0 Å². The molecule has 1 aromatic rings. The van der Waals surface area contributed by atoms with Crippen molar-refractivity contribution in [1.82, 2.24) is 15.5 Å². The maximum Gasteiger partial charge on any atom is 0.234 e. The molecule has 3 N–H and O–H groups in total. The van der Waals surface area contributed by atoms with E-state index in [0.717, 1.165) is 25.3 Å². The fourth-order valence-corrected chi connectivity index (χ4v) is 2.70. The highest BCUT2D eigenvalue weighted by molar-refractivity contribution is 5.78. The third-order valence-corrected chi connectivity index (χ3v) is 3.77.